The molecular weight excluding hydrogens is 451 g/mol. The van der Waals surface area contributed by atoms with Crippen LogP contribution in [0.15, 0.2) is 79.0 Å². The molecule has 0 bridgehead atoms. The van der Waals surface area contributed by atoms with Crippen LogP contribution in [-0.2, 0) is 6.54 Å². The van der Waals surface area contributed by atoms with Gasteiger partial charge < -0.3 is 21.7 Å². The molecule has 3 amide bonds. The Kier molecular flexibility index (Phi) is 6.82. The van der Waals surface area contributed by atoms with E-state index in [0.717, 1.165) is 5.56 Å². The second-order valence-electron chi connectivity index (χ2n) is 7.51. The predicted molar refractivity (Wildman–Crippen MR) is 129 cm³/mol. The highest BCUT2D eigenvalue weighted by molar-refractivity contribution is 6.08. The van der Waals surface area contributed by atoms with Crippen molar-refractivity contribution in [1.82, 2.24) is 15.5 Å². The average molecular weight is 472 g/mol. The van der Waals surface area contributed by atoms with Gasteiger partial charge in [0.25, 0.3) is 17.7 Å². The van der Waals surface area contributed by atoms with Crippen molar-refractivity contribution in [2.75, 3.05) is 16.4 Å². The van der Waals surface area contributed by atoms with E-state index in [1.54, 1.807) is 48.5 Å². The summed E-state index contributed by atoms with van der Waals surface area (Å²) >= 11 is 0. The third kappa shape index (κ3) is 5.50. The number of halogens is 1. The summed E-state index contributed by atoms with van der Waals surface area (Å²) in [6, 6.07) is 19.1. The van der Waals surface area contributed by atoms with E-state index in [2.05, 4.69) is 26.1 Å². The monoisotopic (exact) mass is 472 g/mol. The normalized spacial score (nSPS) is 10.4. The Labute approximate surface area is 199 Å². The van der Waals surface area contributed by atoms with Gasteiger partial charge in [-0.2, -0.15) is 5.10 Å². The van der Waals surface area contributed by atoms with E-state index in [1.807, 2.05) is 0 Å². The fourth-order valence-electron chi connectivity index (χ4n) is 3.24. The van der Waals surface area contributed by atoms with Crippen molar-refractivity contribution in [2.24, 2.45) is 0 Å². The highest BCUT2D eigenvalue weighted by Gasteiger charge is 2.18. The molecule has 35 heavy (non-hydrogen) atoms. The summed E-state index contributed by atoms with van der Waals surface area (Å²) in [6.07, 6.45) is 1.26. The van der Waals surface area contributed by atoms with Crippen LogP contribution in [0.2, 0.25) is 0 Å². The van der Waals surface area contributed by atoms with Gasteiger partial charge >= 0.3 is 0 Å². The molecule has 0 aliphatic carbocycles. The Balaban J connectivity index is 1.35. The molecule has 0 aliphatic rings. The standard InChI is InChI=1S/C25H21FN6O3/c26-18-6-2-1-5-17(18)24(34)31-21-14-29-32-22(21)25(35)28-13-15-9-11-16(12-10-15)23(33)30-20-8-4-3-7-19(20)27/h1-12,14H,13,27H2,(H,28,35)(H,29,32)(H,30,33)(H,31,34). The molecule has 9 nitrogen and oxygen atoms in total. The number of benzene rings is 3. The van der Waals surface area contributed by atoms with Crippen LogP contribution in [0.3, 0.4) is 0 Å². The van der Waals surface area contributed by atoms with Crippen molar-refractivity contribution >= 4 is 34.8 Å². The number of hydrogen-bond donors (Lipinski definition) is 5. The van der Waals surface area contributed by atoms with E-state index in [1.165, 1.54) is 30.5 Å². The summed E-state index contributed by atoms with van der Waals surface area (Å²) in [4.78, 5) is 37.4. The number of H-pyrrole nitrogens is 1. The number of nitrogens with two attached hydrogens (primary N) is 1. The first-order valence-electron chi connectivity index (χ1n) is 10.5. The summed E-state index contributed by atoms with van der Waals surface area (Å²) < 4.78 is 13.8. The van der Waals surface area contributed by atoms with Crippen molar-refractivity contribution in [3.8, 4) is 0 Å². The Morgan fingerprint density at radius 3 is 2.26 bits per heavy atom. The van der Waals surface area contributed by atoms with E-state index >= 15 is 0 Å². The molecule has 10 heteroatoms. The summed E-state index contributed by atoms with van der Waals surface area (Å²) in [7, 11) is 0. The summed E-state index contributed by atoms with van der Waals surface area (Å²) in [5.41, 5.74) is 7.98. The molecule has 1 heterocycles. The Morgan fingerprint density at radius 2 is 1.51 bits per heavy atom. The van der Waals surface area contributed by atoms with Gasteiger partial charge in [0.15, 0.2) is 0 Å². The minimum Gasteiger partial charge on any atom is -0.397 e. The van der Waals surface area contributed by atoms with Crippen LogP contribution < -0.4 is 21.7 Å². The van der Waals surface area contributed by atoms with Gasteiger partial charge in [-0.25, -0.2) is 4.39 Å². The van der Waals surface area contributed by atoms with Gasteiger partial charge in [-0.05, 0) is 42.0 Å². The van der Waals surface area contributed by atoms with Crippen LogP contribution in [-0.4, -0.2) is 27.9 Å². The number of nitrogen functional groups attached to an aromatic ring is 1. The van der Waals surface area contributed by atoms with Crippen LogP contribution in [0.4, 0.5) is 21.5 Å². The molecule has 4 aromatic rings. The van der Waals surface area contributed by atoms with Crippen molar-refractivity contribution < 1.29 is 18.8 Å². The lowest BCUT2D eigenvalue weighted by Gasteiger charge is -2.09. The average Bonchev–Trinajstić information content (AvgIpc) is 3.32. The molecule has 0 fully saturated rings. The quantitative estimate of drug-likeness (QED) is 0.262. The maximum Gasteiger partial charge on any atom is 0.271 e. The number of nitrogens with one attached hydrogen (secondary N) is 4. The number of aromatic nitrogens is 2. The Morgan fingerprint density at radius 1 is 0.829 bits per heavy atom. The molecule has 0 atom stereocenters. The van der Waals surface area contributed by atoms with E-state index < -0.39 is 17.6 Å². The third-order valence-electron chi connectivity index (χ3n) is 5.11. The molecule has 0 aliphatic heterocycles. The summed E-state index contributed by atoms with van der Waals surface area (Å²) in [5.74, 6) is -2.22. The van der Waals surface area contributed by atoms with Crippen LogP contribution in [0.5, 0.6) is 0 Å². The van der Waals surface area contributed by atoms with Gasteiger partial charge in [-0.1, -0.05) is 36.4 Å². The van der Waals surface area contributed by atoms with Crippen molar-refractivity contribution in [1.29, 1.82) is 0 Å². The largest absolute Gasteiger partial charge is 0.397 e. The molecule has 0 unspecified atom stereocenters. The smallest absolute Gasteiger partial charge is 0.271 e. The molecule has 1 aromatic heterocycles. The number of carbonyl (C=O) groups excluding carboxylic acids is 3. The first-order chi connectivity index (χ1) is 16.9. The number of anilines is 3. The Hall–Kier alpha value is -4.99. The summed E-state index contributed by atoms with van der Waals surface area (Å²) in [6.45, 7) is 0.159. The van der Waals surface area contributed by atoms with Gasteiger partial charge in [0.1, 0.15) is 11.5 Å². The molecule has 0 spiro atoms. The lowest BCUT2D eigenvalue weighted by Crippen LogP contribution is -2.25. The Bertz CT molecular complexity index is 1380. The third-order valence-corrected chi connectivity index (χ3v) is 5.11. The molecular formula is C25H21FN6O3. The molecule has 0 saturated carbocycles. The second kappa shape index (κ2) is 10.3. The zero-order valence-corrected chi connectivity index (χ0v) is 18.3. The van der Waals surface area contributed by atoms with E-state index in [-0.39, 0.29) is 29.4 Å². The zero-order valence-electron chi connectivity index (χ0n) is 18.3. The first kappa shape index (κ1) is 23.2. The fraction of sp³-hybridized carbons (Fsp3) is 0.0400. The molecule has 176 valence electrons. The highest BCUT2D eigenvalue weighted by atomic mass is 19.1. The van der Waals surface area contributed by atoms with Crippen LogP contribution >= 0.6 is 0 Å². The number of para-hydroxylation sites is 2. The first-order valence-corrected chi connectivity index (χ1v) is 10.5. The lowest BCUT2D eigenvalue weighted by molar-refractivity contribution is 0.0945. The van der Waals surface area contributed by atoms with Crippen LogP contribution in [0, 0.1) is 5.82 Å². The molecule has 4 rings (SSSR count). The number of aromatic amines is 1. The number of carbonyl (C=O) groups is 3. The summed E-state index contributed by atoms with van der Waals surface area (Å²) in [5, 5.41) is 14.3. The van der Waals surface area contributed by atoms with Gasteiger partial charge in [-0.3, -0.25) is 19.5 Å². The maximum absolute atomic E-state index is 13.8. The molecule has 6 N–H and O–H groups in total. The molecule has 3 aromatic carbocycles. The van der Waals surface area contributed by atoms with E-state index in [4.69, 9.17) is 5.73 Å². The minimum absolute atomic E-state index is 0.0196. The van der Waals surface area contributed by atoms with Gasteiger partial charge in [0, 0.05) is 12.1 Å². The van der Waals surface area contributed by atoms with Crippen molar-refractivity contribution in [3.63, 3.8) is 0 Å². The molecule has 0 radical (unpaired) electrons. The maximum atomic E-state index is 13.8. The minimum atomic E-state index is -0.704. The topological polar surface area (TPSA) is 142 Å². The van der Waals surface area contributed by atoms with Crippen molar-refractivity contribution in [2.45, 2.75) is 6.54 Å². The van der Waals surface area contributed by atoms with Crippen molar-refractivity contribution in [3.05, 3.63) is 107 Å². The lowest BCUT2D eigenvalue weighted by atomic mass is 10.1. The number of nitrogens with zero attached hydrogens (tertiary/aromatic N) is 1. The highest BCUT2D eigenvalue weighted by Crippen LogP contribution is 2.18. The van der Waals surface area contributed by atoms with Gasteiger partial charge in [0.2, 0.25) is 0 Å². The predicted octanol–water partition coefficient (Wildman–Crippen LogP) is 3.57. The number of hydrogen-bond acceptors (Lipinski definition) is 5. The molecule has 0 saturated heterocycles. The SMILES string of the molecule is Nc1ccccc1NC(=O)c1ccc(CNC(=O)c2[nH]ncc2NC(=O)c2ccccc2F)cc1. The van der Waals surface area contributed by atoms with E-state index in [9.17, 15) is 18.8 Å². The second-order valence-corrected chi connectivity index (χ2v) is 7.51. The number of rotatable bonds is 7. The number of amides is 3. The van der Waals surface area contributed by atoms with Crippen LogP contribution in [0.25, 0.3) is 0 Å². The zero-order chi connectivity index (χ0) is 24.8. The van der Waals surface area contributed by atoms with E-state index in [0.29, 0.717) is 16.9 Å². The fourth-order valence-corrected chi connectivity index (χ4v) is 3.24. The van der Waals surface area contributed by atoms with Crippen LogP contribution in [0.1, 0.15) is 36.8 Å². The van der Waals surface area contributed by atoms with Gasteiger partial charge in [-0.15, -0.1) is 0 Å². The van der Waals surface area contributed by atoms with Gasteiger partial charge in [0.05, 0.1) is 28.8 Å².